The number of aromatic nitrogens is 1. The van der Waals surface area contributed by atoms with Crippen molar-refractivity contribution in [2.24, 2.45) is 7.05 Å². The van der Waals surface area contributed by atoms with Crippen LogP contribution >= 0.6 is 0 Å². The van der Waals surface area contributed by atoms with Gasteiger partial charge in [0.2, 0.25) is 5.69 Å². The zero-order valence-corrected chi connectivity index (χ0v) is 5.74. The van der Waals surface area contributed by atoms with Crippen LogP contribution in [0.25, 0.3) is 0 Å². The molecule has 1 N–H and O–H groups in total. The van der Waals surface area contributed by atoms with Crippen LogP contribution in [0.5, 0.6) is 5.75 Å². The maximum Gasteiger partial charge on any atom is 0.206 e. The molecule has 54 valence electrons. The summed E-state index contributed by atoms with van der Waals surface area (Å²) < 4.78 is 1.61. The molecule has 0 fully saturated rings. The fourth-order valence-corrected chi connectivity index (χ4v) is 0.777. The molecule has 0 aliphatic rings. The smallest absolute Gasteiger partial charge is 0.206 e. The van der Waals surface area contributed by atoms with Crippen molar-refractivity contribution in [3.8, 4) is 5.75 Å². The molecule has 0 unspecified atom stereocenters. The topological polar surface area (TPSA) is 47.2 Å². The molecule has 0 saturated heterocycles. The van der Waals surface area contributed by atoms with Crippen molar-refractivity contribution in [2.45, 2.75) is 6.61 Å². The molecule has 0 saturated carbocycles. The molecule has 3 heteroatoms. The molecule has 1 aromatic heterocycles. The lowest BCUT2D eigenvalue weighted by Gasteiger charge is -2.02. The van der Waals surface area contributed by atoms with E-state index in [1.807, 2.05) is 0 Å². The van der Waals surface area contributed by atoms with E-state index in [1.54, 1.807) is 17.7 Å². The zero-order valence-electron chi connectivity index (χ0n) is 5.74. The molecular formula is C7H9NO2. The van der Waals surface area contributed by atoms with E-state index in [-0.39, 0.29) is 12.4 Å². The van der Waals surface area contributed by atoms with E-state index in [4.69, 9.17) is 5.11 Å². The largest absolute Gasteiger partial charge is 0.868 e. The summed E-state index contributed by atoms with van der Waals surface area (Å²) in [6.45, 7) is -0.0310. The highest BCUT2D eigenvalue weighted by Gasteiger charge is 2.00. The molecule has 3 nitrogen and oxygen atoms in total. The number of pyridine rings is 1. The van der Waals surface area contributed by atoms with Crippen LogP contribution in [0.4, 0.5) is 0 Å². The fourth-order valence-electron chi connectivity index (χ4n) is 0.777. The number of hydrogen-bond donors (Lipinski definition) is 1. The SMILES string of the molecule is C[n+]1cc([O-])ccc1CO. The molecule has 1 aromatic rings. The van der Waals surface area contributed by atoms with Crippen molar-refractivity contribution in [3.05, 3.63) is 24.0 Å². The predicted octanol–water partition coefficient (Wildman–Crippen LogP) is -0.923. The third-order valence-electron chi connectivity index (χ3n) is 1.38. The molecule has 1 rings (SSSR count). The van der Waals surface area contributed by atoms with E-state index >= 15 is 0 Å². The number of rotatable bonds is 1. The van der Waals surface area contributed by atoms with Crippen LogP contribution in [0, 0.1) is 0 Å². The van der Waals surface area contributed by atoms with Crippen molar-refractivity contribution in [1.29, 1.82) is 0 Å². The Kier molecular flexibility index (Phi) is 1.87. The molecular weight excluding hydrogens is 130 g/mol. The highest BCUT2D eigenvalue weighted by atomic mass is 16.3. The Morgan fingerprint density at radius 1 is 1.60 bits per heavy atom. The molecule has 0 aliphatic heterocycles. The van der Waals surface area contributed by atoms with Crippen molar-refractivity contribution in [2.75, 3.05) is 0 Å². The summed E-state index contributed by atoms with van der Waals surface area (Å²) in [4.78, 5) is 0. The highest BCUT2D eigenvalue weighted by molar-refractivity contribution is 5.11. The maximum absolute atomic E-state index is 10.7. The van der Waals surface area contributed by atoms with Gasteiger partial charge in [-0.15, -0.1) is 0 Å². The van der Waals surface area contributed by atoms with Gasteiger partial charge >= 0.3 is 0 Å². The van der Waals surface area contributed by atoms with Crippen molar-refractivity contribution in [1.82, 2.24) is 0 Å². The summed E-state index contributed by atoms with van der Waals surface area (Å²) in [5, 5.41) is 19.3. The summed E-state index contributed by atoms with van der Waals surface area (Å²) in [6.07, 6.45) is 1.44. The number of aryl methyl sites for hydroxylation is 1. The number of nitrogens with zero attached hydrogens (tertiary/aromatic N) is 1. The van der Waals surface area contributed by atoms with Crippen LogP contribution in [0.1, 0.15) is 5.69 Å². The van der Waals surface area contributed by atoms with Crippen LogP contribution < -0.4 is 9.67 Å². The molecule has 0 atom stereocenters. The van der Waals surface area contributed by atoms with Crippen molar-refractivity contribution in [3.63, 3.8) is 0 Å². The molecule has 0 bridgehead atoms. The van der Waals surface area contributed by atoms with Crippen molar-refractivity contribution >= 4 is 0 Å². The monoisotopic (exact) mass is 139 g/mol. The molecule has 0 aliphatic carbocycles. The second-order valence-electron chi connectivity index (χ2n) is 2.13. The average molecular weight is 139 g/mol. The standard InChI is InChI=1S/C7H9NO2/c1-8-4-7(10)3-2-6(8)5-9/h2-4,9H,5H2,1H3. The molecule has 0 aromatic carbocycles. The van der Waals surface area contributed by atoms with Crippen LogP contribution in [0.2, 0.25) is 0 Å². The van der Waals surface area contributed by atoms with Crippen LogP contribution in [0.3, 0.4) is 0 Å². The van der Waals surface area contributed by atoms with Gasteiger partial charge in [-0.3, -0.25) is 0 Å². The van der Waals surface area contributed by atoms with E-state index < -0.39 is 0 Å². The summed E-state index contributed by atoms with van der Waals surface area (Å²) in [5.74, 6) is -0.0419. The van der Waals surface area contributed by atoms with E-state index in [2.05, 4.69) is 0 Å². The van der Waals surface area contributed by atoms with E-state index in [9.17, 15) is 5.11 Å². The van der Waals surface area contributed by atoms with E-state index in [0.717, 1.165) is 5.69 Å². The summed E-state index contributed by atoms with van der Waals surface area (Å²) in [6, 6.07) is 3.05. The summed E-state index contributed by atoms with van der Waals surface area (Å²) in [5.41, 5.74) is 0.736. The number of hydrogen-bond acceptors (Lipinski definition) is 2. The Morgan fingerprint density at radius 2 is 2.30 bits per heavy atom. The molecule has 0 radical (unpaired) electrons. The Morgan fingerprint density at radius 3 is 2.80 bits per heavy atom. The molecule has 10 heavy (non-hydrogen) atoms. The first-order valence-corrected chi connectivity index (χ1v) is 3.00. The quantitative estimate of drug-likeness (QED) is 0.511. The molecule has 1 heterocycles. The zero-order chi connectivity index (χ0) is 7.56. The summed E-state index contributed by atoms with van der Waals surface area (Å²) >= 11 is 0. The third-order valence-corrected chi connectivity index (χ3v) is 1.38. The minimum Gasteiger partial charge on any atom is -0.868 e. The van der Waals surface area contributed by atoms with Crippen LogP contribution in [-0.4, -0.2) is 5.11 Å². The van der Waals surface area contributed by atoms with Gasteiger partial charge in [0.05, 0.1) is 0 Å². The van der Waals surface area contributed by atoms with Gasteiger partial charge in [0, 0.05) is 6.07 Å². The van der Waals surface area contributed by atoms with Gasteiger partial charge < -0.3 is 10.2 Å². The van der Waals surface area contributed by atoms with Gasteiger partial charge in [-0.05, 0) is 5.75 Å². The lowest BCUT2D eigenvalue weighted by atomic mass is 10.3. The van der Waals surface area contributed by atoms with Crippen LogP contribution in [0.15, 0.2) is 18.3 Å². The molecule has 0 amide bonds. The highest BCUT2D eigenvalue weighted by Crippen LogP contribution is 1.99. The van der Waals surface area contributed by atoms with Gasteiger partial charge in [-0.1, -0.05) is 6.07 Å². The second kappa shape index (κ2) is 2.66. The first kappa shape index (κ1) is 7.02. The minimum absolute atomic E-state index is 0.0310. The van der Waals surface area contributed by atoms with Gasteiger partial charge in [-0.2, -0.15) is 0 Å². The summed E-state index contributed by atoms with van der Waals surface area (Å²) in [7, 11) is 1.73. The van der Waals surface area contributed by atoms with E-state index in [0.29, 0.717) is 0 Å². The van der Waals surface area contributed by atoms with E-state index in [1.165, 1.54) is 12.3 Å². The molecule has 0 spiro atoms. The Balaban J connectivity index is 3.07. The first-order valence-electron chi connectivity index (χ1n) is 3.00. The van der Waals surface area contributed by atoms with Crippen LogP contribution in [-0.2, 0) is 13.7 Å². The lowest BCUT2D eigenvalue weighted by Crippen LogP contribution is -2.33. The lowest BCUT2D eigenvalue weighted by molar-refractivity contribution is -0.683. The number of aliphatic hydroxyl groups is 1. The fraction of sp³-hybridized carbons (Fsp3) is 0.286. The van der Waals surface area contributed by atoms with Gasteiger partial charge in [0.15, 0.2) is 6.20 Å². The van der Waals surface area contributed by atoms with Crippen molar-refractivity contribution < 1.29 is 14.8 Å². The first-order chi connectivity index (χ1) is 4.74. The third kappa shape index (κ3) is 1.25. The van der Waals surface area contributed by atoms with Gasteiger partial charge in [-0.25, -0.2) is 4.57 Å². The minimum atomic E-state index is -0.0419. The predicted molar refractivity (Wildman–Crippen MR) is 33.0 cm³/mol. The Labute approximate surface area is 59.2 Å². The Bertz CT molecular complexity index is 235. The Hall–Kier alpha value is -1.09. The average Bonchev–Trinajstić information content (AvgIpc) is 1.88. The van der Waals surface area contributed by atoms with Gasteiger partial charge in [0.25, 0.3) is 0 Å². The number of aliphatic hydroxyl groups excluding tert-OH is 1. The maximum atomic E-state index is 10.7. The van der Waals surface area contributed by atoms with Gasteiger partial charge in [0.1, 0.15) is 13.7 Å². The normalized spacial score (nSPS) is 9.80. The second-order valence-corrected chi connectivity index (χ2v) is 2.13.